The van der Waals surface area contributed by atoms with Crippen LogP contribution < -0.4 is 0 Å². The normalized spacial score (nSPS) is 26.2. The zero-order valence-corrected chi connectivity index (χ0v) is 19.6. The monoisotopic (exact) mass is 464 g/mol. The molecule has 4 N–H and O–H groups in total. The summed E-state index contributed by atoms with van der Waals surface area (Å²) in [5.74, 6) is -2.69. The molecule has 1 heterocycles. The van der Waals surface area contributed by atoms with Gasteiger partial charge in [-0.05, 0) is 44.9 Å². The maximum absolute atomic E-state index is 11.8. The van der Waals surface area contributed by atoms with Gasteiger partial charge >= 0.3 is 5.97 Å². The first-order chi connectivity index (χ1) is 15.9. The quantitative estimate of drug-likeness (QED) is 0.157. The van der Waals surface area contributed by atoms with Crippen LogP contribution in [0, 0.1) is 0 Å². The predicted molar refractivity (Wildman–Crippen MR) is 128 cm³/mol. The van der Waals surface area contributed by atoms with Gasteiger partial charge in [0.05, 0.1) is 6.61 Å². The first-order valence-electron chi connectivity index (χ1n) is 11.7. The Kier molecular flexibility index (Phi) is 15.3. The molecule has 4 atom stereocenters. The fourth-order valence-electron chi connectivity index (χ4n) is 3.12. The Hall–Kier alpha value is -2.03. The van der Waals surface area contributed by atoms with Crippen LogP contribution >= 0.6 is 0 Å². The van der Waals surface area contributed by atoms with Gasteiger partial charge in [0, 0.05) is 6.42 Å². The molecule has 0 aromatic heterocycles. The van der Waals surface area contributed by atoms with E-state index in [9.17, 15) is 20.1 Å². The highest BCUT2D eigenvalue weighted by Gasteiger charge is 2.53. The third kappa shape index (κ3) is 12.1. The summed E-state index contributed by atoms with van der Waals surface area (Å²) in [7, 11) is 0. The third-order valence-corrected chi connectivity index (χ3v) is 5.07. The lowest BCUT2D eigenvalue weighted by atomic mass is 10.1. The highest BCUT2D eigenvalue weighted by molar-refractivity contribution is 5.69. The van der Waals surface area contributed by atoms with Crippen LogP contribution in [0.3, 0.4) is 0 Å². The molecule has 33 heavy (non-hydrogen) atoms. The number of unbranched alkanes of at least 4 members (excludes halogenated alkanes) is 1. The van der Waals surface area contributed by atoms with Crippen LogP contribution in [0.4, 0.5) is 0 Å². The number of hydrogen-bond donors (Lipinski definition) is 4. The molecule has 1 aliphatic heterocycles. The van der Waals surface area contributed by atoms with Crippen molar-refractivity contribution in [3.8, 4) is 0 Å². The predicted octanol–water partition coefficient (Wildman–Crippen LogP) is 3.25. The number of allylic oxidation sites excluding steroid dienone is 10. The first-order valence-corrected chi connectivity index (χ1v) is 11.7. The summed E-state index contributed by atoms with van der Waals surface area (Å²) in [4.78, 5) is 11.8. The maximum atomic E-state index is 11.8. The van der Waals surface area contributed by atoms with Gasteiger partial charge in [-0.15, -0.1) is 0 Å². The smallest absolute Gasteiger partial charge is 0.305 e. The van der Waals surface area contributed by atoms with Crippen LogP contribution in [0.1, 0.15) is 58.3 Å². The highest BCUT2D eigenvalue weighted by atomic mass is 16.7. The molecular formula is C26H40O7. The summed E-state index contributed by atoms with van der Waals surface area (Å²) in [6, 6.07) is 0. The summed E-state index contributed by atoms with van der Waals surface area (Å²) in [6.07, 6.45) is 23.5. The fraction of sp³-hybridized carbons (Fsp3) is 0.577. The molecule has 0 amide bonds. The molecule has 1 fully saturated rings. The van der Waals surface area contributed by atoms with Crippen molar-refractivity contribution in [3.63, 3.8) is 0 Å². The Bertz CT molecular complexity index is 680. The van der Waals surface area contributed by atoms with E-state index in [1.807, 2.05) is 6.08 Å². The minimum atomic E-state index is -2.24. The Labute approximate surface area is 197 Å². The molecule has 7 heteroatoms. The van der Waals surface area contributed by atoms with Gasteiger partial charge in [-0.3, -0.25) is 4.79 Å². The standard InChI is InChI=1S/C26H40O7/c1-2-3-4-5-6-7-8-9-10-11-12-13-14-15-16-17-18-19-23(28)32-20-22-24(29)25(30)26(31,21-27)33-22/h3-4,6-7,9-10,12-13,15-16,22,24-25,27,29-31H,2,5,8,11,14,17-21H2,1H3/b4-3-,7-6-,10-9-,13-12-,16-15-. The molecule has 0 spiro atoms. The lowest BCUT2D eigenvalue weighted by Gasteiger charge is -2.22. The van der Waals surface area contributed by atoms with Gasteiger partial charge in [-0.25, -0.2) is 0 Å². The second kappa shape index (κ2) is 17.4. The van der Waals surface area contributed by atoms with Crippen molar-refractivity contribution in [3.05, 3.63) is 60.8 Å². The molecule has 1 saturated heterocycles. The van der Waals surface area contributed by atoms with Crippen molar-refractivity contribution in [2.45, 2.75) is 82.4 Å². The molecule has 1 rings (SSSR count). The molecule has 0 aromatic rings. The van der Waals surface area contributed by atoms with E-state index in [0.717, 1.165) is 38.5 Å². The molecule has 7 nitrogen and oxygen atoms in total. The van der Waals surface area contributed by atoms with Crippen LogP contribution in [0.2, 0.25) is 0 Å². The van der Waals surface area contributed by atoms with Crippen molar-refractivity contribution >= 4 is 5.97 Å². The van der Waals surface area contributed by atoms with E-state index in [4.69, 9.17) is 14.6 Å². The summed E-state index contributed by atoms with van der Waals surface area (Å²) in [5.41, 5.74) is 0. The van der Waals surface area contributed by atoms with Crippen molar-refractivity contribution in [2.75, 3.05) is 13.2 Å². The Morgan fingerprint density at radius 2 is 1.42 bits per heavy atom. The van der Waals surface area contributed by atoms with Gasteiger partial charge in [0.2, 0.25) is 5.79 Å². The van der Waals surface area contributed by atoms with E-state index >= 15 is 0 Å². The van der Waals surface area contributed by atoms with Crippen molar-refractivity contribution in [1.29, 1.82) is 0 Å². The van der Waals surface area contributed by atoms with E-state index in [1.54, 1.807) is 0 Å². The van der Waals surface area contributed by atoms with Crippen molar-refractivity contribution < 1.29 is 34.7 Å². The summed E-state index contributed by atoms with van der Waals surface area (Å²) in [6.45, 7) is 0.954. The number of aliphatic hydroxyl groups excluding tert-OH is 3. The summed E-state index contributed by atoms with van der Waals surface area (Å²) < 4.78 is 10.0. The largest absolute Gasteiger partial charge is 0.463 e. The molecule has 0 aliphatic carbocycles. The number of rotatable bonds is 16. The number of aliphatic hydroxyl groups is 4. The van der Waals surface area contributed by atoms with Crippen LogP contribution in [-0.2, 0) is 14.3 Å². The molecule has 0 bridgehead atoms. The van der Waals surface area contributed by atoms with Crippen LogP contribution in [0.5, 0.6) is 0 Å². The van der Waals surface area contributed by atoms with E-state index in [2.05, 4.69) is 61.6 Å². The maximum Gasteiger partial charge on any atom is 0.305 e. The highest BCUT2D eigenvalue weighted by Crippen LogP contribution is 2.29. The minimum absolute atomic E-state index is 0.212. The van der Waals surface area contributed by atoms with E-state index in [1.165, 1.54) is 0 Å². The van der Waals surface area contributed by atoms with E-state index in [-0.39, 0.29) is 13.0 Å². The van der Waals surface area contributed by atoms with Crippen LogP contribution in [0.25, 0.3) is 0 Å². The zero-order chi connectivity index (χ0) is 24.4. The number of esters is 1. The lowest BCUT2D eigenvalue weighted by molar-refractivity contribution is -0.248. The van der Waals surface area contributed by atoms with Crippen molar-refractivity contribution in [2.24, 2.45) is 0 Å². The Morgan fingerprint density at radius 1 is 0.909 bits per heavy atom. The number of hydrogen-bond acceptors (Lipinski definition) is 7. The fourth-order valence-corrected chi connectivity index (χ4v) is 3.12. The second-order valence-corrected chi connectivity index (χ2v) is 7.88. The molecule has 4 unspecified atom stereocenters. The second-order valence-electron chi connectivity index (χ2n) is 7.88. The summed E-state index contributed by atoms with van der Waals surface area (Å²) >= 11 is 0. The molecular weight excluding hydrogens is 424 g/mol. The topological polar surface area (TPSA) is 116 Å². The van der Waals surface area contributed by atoms with Gasteiger partial charge in [0.15, 0.2) is 0 Å². The first kappa shape index (κ1) is 29.0. The molecule has 0 radical (unpaired) electrons. The average molecular weight is 465 g/mol. The van der Waals surface area contributed by atoms with Gasteiger partial charge in [-0.1, -0.05) is 67.7 Å². The van der Waals surface area contributed by atoms with E-state index in [0.29, 0.717) is 6.42 Å². The average Bonchev–Trinajstić information content (AvgIpc) is 3.03. The molecule has 1 aliphatic rings. The summed E-state index contributed by atoms with van der Waals surface area (Å²) in [5, 5.41) is 38.3. The number of ether oxygens (including phenoxy) is 2. The zero-order valence-electron chi connectivity index (χ0n) is 19.6. The van der Waals surface area contributed by atoms with Crippen LogP contribution in [0.15, 0.2) is 60.8 Å². The Morgan fingerprint density at radius 3 is 1.91 bits per heavy atom. The van der Waals surface area contributed by atoms with Crippen molar-refractivity contribution in [1.82, 2.24) is 0 Å². The number of carbonyl (C=O) groups is 1. The molecule has 0 aromatic carbocycles. The molecule has 0 saturated carbocycles. The Balaban J connectivity index is 2.04. The third-order valence-electron chi connectivity index (χ3n) is 5.07. The van der Waals surface area contributed by atoms with Gasteiger partial charge in [0.25, 0.3) is 0 Å². The minimum Gasteiger partial charge on any atom is -0.463 e. The van der Waals surface area contributed by atoms with E-state index < -0.39 is 36.7 Å². The lowest BCUT2D eigenvalue weighted by Crippen LogP contribution is -2.46. The number of carbonyl (C=O) groups excluding carboxylic acids is 1. The van der Waals surface area contributed by atoms with Gasteiger partial charge in [-0.2, -0.15) is 0 Å². The van der Waals surface area contributed by atoms with Gasteiger partial charge < -0.3 is 29.9 Å². The molecule has 186 valence electrons. The van der Waals surface area contributed by atoms with Gasteiger partial charge in [0.1, 0.15) is 24.9 Å². The SMILES string of the molecule is CC/C=C\C/C=C\C/C=C\C/C=C\C/C=C\CCCC(=O)OCC1OC(O)(CO)C(O)C1O. The van der Waals surface area contributed by atoms with Crippen LogP contribution in [-0.4, -0.2) is 63.7 Å².